The maximum absolute atomic E-state index is 12.9. The molecule has 0 spiro atoms. The number of fused-ring (bicyclic) bond motifs is 1. The van der Waals surface area contributed by atoms with Crippen molar-refractivity contribution in [2.24, 2.45) is 10.3 Å². The van der Waals surface area contributed by atoms with E-state index in [4.69, 9.17) is 0 Å². The average molecular weight is 348 g/mol. The lowest BCUT2D eigenvalue weighted by Crippen LogP contribution is -2.39. The molecule has 0 aliphatic carbocycles. The number of hydrogen-bond donors (Lipinski definition) is 0. The van der Waals surface area contributed by atoms with E-state index in [0.717, 1.165) is 17.5 Å². The van der Waals surface area contributed by atoms with Crippen LogP contribution in [0.2, 0.25) is 0 Å². The molecule has 0 unspecified atom stereocenters. The lowest BCUT2D eigenvalue weighted by Gasteiger charge is -2.20. The molecular weight excluding hydrogens is 328 g/mol. The first-order chi connectivity index (χ1) is 12.6. The Hall–Kier alpha value is -3.02. The van der Waals surface area contributed by atoms with Crippen LogP contribution in [0.25, 0.3) is 0 Å². The predicted octanol–water partition coefficient (Wildman–Crippen LogP) is 3.05. The van der Waals surface area contributed by atoms with Crippen LogP contribution >= 0.6 is 0 Å². The van der Waals surface area contributed by atoms with E-state index < -0.39 is 12.1 Å². The second kappa shape index (κ2) is 6.37. The zero-order chi connectivity index (χ0) is 18.3. The third-order valence-corrected chi connectivity index (χ3v) is 4.93. The first kappa shape index (κ1) is 16.4. The van der Waals surface area contributed by atoms with Crippen LogP contribution < -0.4 is 4.90 Å². The van der Waals surface area contributed by atoms with Crippen LogP contribution in [-0.4, -0.2) is 28.9 Å². The molecule has 2 heterocycles. The Morgan fingerprint density at radius 2 is 1.58 bits per heavy atom. The predicted molar refractivity (Wildman–Crippen MR) is 97.5 cm³/mol. The highest BCUT2D eigenvalue weighted by atomic mass is 16.2. The molecule has 1 fully saturated rings. The number of nitrogens with zero attached hydrogens (tertiary/aromatic N) is 4. The third-order valence-electron chi connectivity index (χ3n) is 4.93. The fourth-order valence-corrected chi connectivity index (χ4v) is 3.37. The standard InChI is InChI=1S/C20H20N4O2/c1-3-14-6-8-15(9-7-14)12-23-18-17(21-22-23)19(25)24(20(18)26)16-10-4-13(2)5-11-16/h4-11,17-18H,3,12H2,1-2H3/t17-,18-/m1/s1. The van der Waals surface area contributed by atoms with Gasteiger partial charge in [-0.2, -0.15) is 5.11 Å². The number of carbonyl (C=O) groups is 2. The van der Waals surface area contributed by atoms with Gasteiger partial charge in [-0.1, -0.05) is 54.1 Å². The number of anilines is 1. The summed E-state index contributed by atoms with van der Waals surface area (Å²) in [5.74, 6) is -0.574. The van der Waals surface area contributed by atoms with Crippen molar-refractivity contribution in [2.45, 2.75) is 38.9 Å². The van der Waals surface area contributed by atoms with Crippen molar-refractivity contribution in [1.29, 1.82) is 0 Å². The molecule has 26 heavy (non-hydrogen) atoms. The molecule has 0 radical (unpaired) electrons. The summed E-state index contributed by atoms with van der Waals surface area (Å²) in [6.45, 7) is 4.53. The molecule has 6 heteroatoms. The van der Waals surface area contributed by atoms with Gasteiger partial charge in [0.2, 0.25) is 0 Å². The number of imide groups is 1. The van der Waals surface area contributed by atoms with Crippen molar-refractivity contribution in [3.05, 3.63) is 65.2 Å². The van der Waals surface area contributed by atoms with Crippen molar-refractivity contribution >= 4 is 17.5 Å². The van der Waals surface area contributed by atoms with Crippen molar-refractivity contribution in [3.8, 4) is 0 Å². The fraction of sp³-hybridized carbons (Fsp3) is 0.300. The zero-order valence-corrected chi connectivity index (χ0v) is 14.8. The first-order valence-electron chi connectivity index (χ1n) is 8.78. The van der Waals surface area contributed by atoms with Gasteiger partial charge < -0.3 is 0 Å². The number of rotatable bonds is 4. The highest BCUT2D eigenvalue weighted by molar-refractivity contribution is 6.25. The number of amides is 2. The average Bonchev–Trinajstić information content (AvgIpc) is 3.17. The fourth-order valence-electron chi connectivity index (χ4n) is 3.37. The molecule has 2 atom stereocenters. The number of benzene rings is 2. The van der Waals surface area contributed by atoms with E-state index in [9.17, 15) is 9.59 Å². The monoisotopic (exact) mass is 348 g/mol. The molecule has 2 aromatic carbocycles. The third kappa shape index (κ3) is 2.67. The Morgan fingerprint density at radius 3 is 2.23 bits per heavy atom. The summed E-state index contributed by atoms with van der Waals surface area (Å²) in [5, 5.41) is 9.79. The van der Waals surface area contributed by atoms with Gasteiger partial charge in [0.1, 0.15) is 0 Å². The molecule has 6 nitrogen and oxygen atoms in total. The van der Waals surface area contributed by atoms with Gasteiger partial charge in [0.25, 0.3) is 11.8 Å². The lowest BCUT2D eigenvalue weighted by molar-refractivity contribution is -0.123. The second-order valence-electron chi connectivity index (χ2n) is 6.71. The van der Waals surface area contributed by atoms with E-state index in [1.54, 1.807) is 17.1 Å². The smallest absolute Gasteiger partial charge is 0.263 e. The van der Waals surface area contributed by atoms with Crippen molar-refractivity contribution in [3.63, 3.8) is 0 Å². The van der Waals surface area contributed by atoms with Crippen molar-refractivity contribution < 1.29 is 9.59 Å². The number of aryl methyl sites for hydroxylation is 2. The van der Waals surface area contributed by atoms with Crippen LogP contribution in [-0.2, 0) is 22.6 Å². The largest absolute Gasteiger partial charge is 0.271 e. The first-order valence-corrected chi connectivity index (χ1v) is 8.78. The molecule has 2 aliphatic heterocycles. The Balaban J connectivity index is 1.56. The molecule has 0 saturated carbocycles. The summed E-state index contributed by atoms with van der Waals surface area (Å²) >= 11 is 0. The van der Waals surface area contributed by atoms with Crippen molar-refractivity contribution in [1.82, 2.24) is 5.01 Å². The summed E-state index contributed by atoms with van der Waals surface area (Å²) < 4.78 is 0. The zero-order valence-electron chi connectivity index (χ0n) is 14.8. The van der Waals surface area contributed by atoms with Crippen LogP contribution in [0.15, 0.2) is 58.9 Å². The summed E-state index contributed by atoms with van der Waals surface area (Å²) in [4.78, 5) is 26.9. The Kier molecular flexibility index (Phi) is 4.03. The van der Waals surface area contributed by atoms with E-state index in [0.29, 0.717) is 12.2 Å². The minimum atomic E-state index is -0.751. The summed E-state index contributed by atoms with van der Waals surface area (Å²) in [6.07, 6.45) is 0.979. The van der Waals surface area contributed by atoms with Gasteiger partial charge in [0.05, 0.1) is 12.2 Å². The van der Waals surface area contributed by atoms with Gasteiger partial charge in [0, 0.05) is 0 Å². The van der Waals surface area contributed by atoms with E-state index in [1.165, 1.54) is 10.5 Å². The van der Waals surface area contributed by atoms with Crippen LogP contribution in [0.5, 0.6) is 0 Å². The molecule has 0 N–H and O–H groups in total. The molecule has 1 saturated heterocycles. The van der Waals surface area contributed by atoms with Crippen LogP contribution in [0.1, 0.15) is 23.6 Å². The Morgan fingerprint density at radius 1 is 0.923 bits per heavy atom. The van der Waals surface area contributed by atoms with E-state index in [1.807, 2.05) is 31.2 Å². The highest BCUT2D eigenvalue weighted by Crippen LogP contribution is 2.32. The molecule has 2 amide bonds. The SMILES string of the molecule is CCc1ccc(CN2N=N[C@H]3C(=O)N(c4ccc(C)cc4)C(=O)[C@@H]32)cc1. The molecule has 132 valence electrons. The van der Waals surface area contributed by atoms with Gasteiger partial charge in [-0.15, -0.1) is 0 Å². The van der Waals surface area contributed by atoms with Crippen LogP contribution in [0.4, 0.5) is 5.69 Å². The normalized spacial score (nSPS) is 21.6. The molecule has 4 rings (SSSR count). The van der Waals surface area contributed by atoms with Crippen LogP contribution in [0, 0.1) is 6.92 Å². The van der Waals surface area contributed by atoms with Gasteiger partial charge in [0.15, 0.2) is 12.1 Å². The molecule has 2 aromatic rings. The molecular formula is C20H20N4O2. The van der Waals surface area contributed by atoms with E-state index in [2.05, 4.69) is 29.4 Å². The maximum atomic E-state index is 12.9. The lowest BCUT2D eigenvalue weighted by atomic mass is 10.1. The topological polar surface area (TPSA) is 65.3 Å². The minimum absolute atomic E-state index is 0.265. The highest BCUT2D eigenvalue weighted by Gasteiger charge is 2.54. The molecule has 2 aliphatic rings. The second-order valence-corrected chi connectivity index (χ2v) is 6.71. The minimum Gasteiger partial charge on any atom is -0.271 e. The van der Waals surface area contributed by atoms with Crippen LogP contribution in [0.3, 0.4) is 0 Å². The maximum Gasteiger partial charge on any atom is 0.263 e. The summed E-state index contributed by atoms with van der Waals surface area (Å²) in [6, 6.07) is 14.1. The quantitative estimate of drug-likeness (QED) is 0.798. The van der Waals surface area contributed by atoms with Gasteiger partial charge in [-0.05, 0) is 36.6 Å². The number of carbonyl (C=O) groups excluding carboxylic acids is 2. The van der Waals surface area contributed by atoms with E-state index >= 15 is 0 Å². The molecule has 0 aromatic heterocycles. The Bertz CT molecular complexity index is 874. The van der Waals surface area contributed by atoms with Crippen molar-refractivity contribution in [2.75, 3.05) is 4.90 Å². The Labute approximate surface area is 152 Å². The van der Waals surface area contributed by atoms with Gasteiger partial charge >= 0.3 is 0 Å². The summed E-state index contributed by atoms with van der Waals surface area (Å²) in [5.41, 5.74) is 3.95. The summed E-state index contributed by atoms with van der Waals surface area (Å²) in [7, 11) is 0. The van der Waals surface area contributed by atoms with Gasteiger partial charge in [-0.3, -0.25) is 14.6 Å². The molecule has 0 bridgehead atoms. The number of hydrogen-bond acceptors (Lipinski definition) is 5. The van der Waals surface area contributed by atoms with E-state index in [-0.39, 0.29) is 11.8 Å². The van der Waals surface area contributed by atoms with Gasteiger partial charge in [-0.25, -0.2) is 4.90 Å².